The fourth-order valence-corrected chi connectivity index (χ4v) is 1.51. The number of hydrogen-bond donors (Lipinski definition) is 1. The first kappa shape index (κ1) is 12.0. The van der Waals surface area contributed by atoms with Crippen LogP contribution in [0, 0.1) is 0 Å². The molecule has 0 aliphatic heterocycles. The van der Waals surface area contributed by atoms with Crippen LogP contribution < -0.4 is 5.73 Å². The molecule has 7 heteroatoms. The predicted octanol–water partition coefficient (Wildman–Crippen LogP) is 0.0645. The van der Waals surface area contributed by atoms with Crippen LogP contribution >= 0.6 is 0 Å². The molecule has 0 unspecified atom stereocenters. The number of carbonyl (C=O) groups is 1. The second-order valence-corrected chi connectivity index (χ2v) is 3.94. The molecule has 2 rings (SSSR count). The highest BCUT2D eigenvalue weighted by Gasteiger charge is 2.15. The number of amides is 1. The van der Waals surface area contributed by atoms with Gasteiger partial charge in [0.15, 0.2) is 0 Å². The molecular formula is C11H14N6O. The van der Waals surface area contributed by atoms with Gasteiger partial charge in [-0.3, -0.25) is 9.78 Å². The minimum atomic E-state index is -0.238. The van der Waals surface area contributed by atoms with Crippen molar-refractivity contribution in [3.05, 3.63) is 36.3 Å². The van der Waals surface area contributed by atoms with Gasteiger partial charge in [-0.1, -0.05) is 0 Å². The number of nitrogens with zero attached hydrogens (tertiary/aromatic N) is 5. The lowest BCUT2D eigenvalue weighted by molar-refractivity contribution is 0.0774. The standard InChI is InChI=1S/C11H14N6O/c1-16-4-3-14-10(16)7-17(2)11(18)8-5-13-6-9(12)15-8/h3-6H,7H2,1-2H3,(H2,12,15). The second-order valence-electron chi connectivity index (χ2n) is 3.94. The third kappa shape index (κ3) is 2.45. The summed E-state index contributed by atoms with van der Waals surface area (Å²) < 4.78 is 1.86. The molecule has 94 valence electrons. The fraction of sp³-hybridized carbons (Fsp3) is 0.273. The van der Waals surface area contributed by atoms with Crippen LogP contribution in [0.4, 0.5) is 5.82 Å². The van der Waals surface area contributed by atoms with Crippen molar-refractivity contribution in [2.45, 2.75) is 6.54 Å². The Morgan fingerprint density at radius 2 is 2.28 bits per heavy atom. The average molecular weight is 246 g/mol. The smallest absolute Gasteiger partial charge is 0.274 e. The van der Waals surface area contributed by atoms with E-state index in [0.29, 0.717) is 6.54 Å². The minimum Gasteiger partial charge on any atom is -0.382 e. The summed E-state index contributed by atoms with van der Waals surface area (Å²) >= 11 is 0. The van der Waals surface area contributed by atoms with E-state index in [0.717, 1.165) is 5.82 Å². The van der Waals surface area contributed by atoms with Gasteiger partial charge < -0.3 is 15.2 Å². The van der Waals surface area contributed by atoms with Crippen molar-refractivity contribution < 1.29 is 4.79 Å². The Balaban J connectivity index is 2.12. The van der Waals surface area contributed by atoms with Crippen molar-refractivity contribution in [2.75, 3.05) is 12.8 Å². The maximum atomic E-state index is 12.1. The zero-order chi connectivity index (χ0) is 13.1. The fourth-order valence-electron chi connectivity index (χ4n) is 1.51. The van der Waals surface area contributed by atoms with Crippen LogP contribution in [0.2, 0.25) is 0 Å². The zero-order valence-electron chi connectivity index (χ0n) is 10.2. The Hall–Kier alpha value is -2.44. The van der Waals surface area contributed by atoms with E-state index < -0.39 is 0 Å². The number of carbonyl (C=O) groups excluding carboxylic acids is 1. The molecule has 0 aromatic carbocycles. The van der Waals surface area contributed by atoms with Crippen LogP contribution in [0.3, 0.4) is 0 Å². The third-order valence-electron chi connectivity index (χ3n) is 2.52. The highest BCUT2D eigenvalue weighted by atomic mass is 16.2. The summed E-state index contributed by atoms with van der Waals surface area (Å²) in [7, 11) is 3.56. The molecule has 2 heterocycles. The predicted molar refractivity (Wildman–Crippen MR) is 65.4 cm³/mol. The molecule has 2 aromatic rings. The Bertz CT molecular complexity index is 564. The average Bonchev–Trinajstić information content (AvgIpc) is 2.74. The van der Waals surface area contributed by atoms with Gasteiger partial charge in [-0.05, 0) is 0 Å². The molecule has 0 fully saturated rings. The quantitative estimate of drug-likeness (QED) is 0.827. The van der Waals surface area contributed by atoms with Gasteiger partial charge >= 0.3 is 0 Å². The topological polar surface area (TPSA) is 89.9 Å². The SMILES string of the molecule is CN(Cc1nccn1C)C(=O)c1cncc(N)n1. The van der Waals surface area contributed by atoms with E-state index in [9.17, 15) is 4.79 Å². The molecular weight excluding hydrogens is 232 g/mol. The number of anilines is 1. The zero-order valence-corrected chi connectivity index (χ0v) is 10.2. The van der Waals surface area contributed by atoms with Crippen LogP contribution in [0.5, 0.6) is 0 Å². The molecule has 7 nitrogen and oxygen atoms in total. The van der Waals surface area contributed by atoms with Crippen molar-refractivity contribution >= 4 is 11.7 Å². The number of nitrogen functional groups attached to an aromatic ring is 1. The third-order valence-corrected chi connectivity index (χ3v) is 2.52. The summed E-state index contributed by atoms with van der Waals surface area (Å²) in [5, 5.41) is 0. The Labute approximate surface area is 104 Å². The Morgan fingerprint density at radius 1 is 1.50 bits per heavy atom. The first-order valence-electron chi connectivity index (χ1n) is 5.37. The molecule has 0 aliphatic carbocycles. The van der Waals surface area contributed by atoms with Gasteiger partial charge in [0, 0.05) is 26.5 Å². The van der Waals surface area contributed by atoms with E-state index in [-0.39, 0.29) is 17.4 Å². The van der Waals surface area contributed by atoms with Gasteiger partial charge in [-0.25, -0.2) is 9.97 Å². The lowest BCUT2D eigenvalue weighted by Crippen LogP contribution is -2.28. The van der Waals surface area contributed by atoms with Crippen LogP contribution in [-0.4, -0.2) is 37.4 Å². The summed E-state index contributed by atoms with van der Waals surface area (Å²) in [6.07, 6.45) is 6.31. The van der Waals surface area contributed by atoms with E-state index in [2.05, 4.69) is 15.0 Å². The number of nitrogens with two attached hydrogens (primary N) is 1. The van der Waals surface area contributed by atoms with Gasteiger partial charge in [0.05, 0.1) is 18.9 Å². The molecule has 2 N–H and O–H groups in total. The number of imidazole rings is 1. The summed E-state index contributed by atoms with van der Waals surface area (Å²) in [5.41, 5.74) is 5.72. The summed E-state index contributed by atoms with van der Waals surface area (Å²) in [6, 6.07) is 0. The molecule has 1 amide bonds. The molecule has 0 atom stereocenters. The molecule has 0 saturated carbocycles. The van der Waals surface area contributed by atoms with Crippen molar-refractivity contribution in [2.24, 2.45) is 7.05 Å². The number of aryl methyl sites for hydroxylation is 1. The number of hydrogen-bond acceptors (Lipinski definition) is 5. The van der Waals surface area contributed by atoms with E-state index in [1.54, 1.807) is 13.2 Å². The maximum absolute atomic E-state index is 12.1. The molecule has 0 bridgehead atoms. The van der Waals surface area contributed by atoms with E-state index in [1.807, 2.05) is 17.8 Å². The Morgan fingerprint density at radius 3 is 2.89 bits per heavy atom. The van der Waals surface area contributed by atoms with Gasteiger partial charge in [0.25, 0.3) is 5.91 Å². The van der Waals surface area contributed by atoms with Crippen LogP contribution in [0.25, 0.3) is 0 Å². The first-order chi connectivity index (χ1) is 8.58. The van der Waals surface area contributed by atoms with Crippen molar-refractivity contribution in [1.29, 1.82) is 0 Å². The Kier molecular flexibility index (Phi) is 3.22. The van der Waals surface area contributed by atoms with E-state index >= 15 is 0 Å². The van der Waals surface area contributed by atoms with Gasteiger partial charge in [0.1, 0.15) is 17.3 Å². The summed E-state index contributed by atoms with van der Waals surface area (Å²) in [6.45, 7) is 0.402. The van der Waals surface area contributed by atoms with E-state index in [4.69, 9.17) is 5.73 Å². The lowest BCUT2D eigenvalue weighted by Gasteiger charge is -2.16. The first-order valence-corrected chi connectivity index (χ1v) is 5.37. The molecule has 18 heavy (non-hydrogen) atoms. The van der Waals surface area contributed by atoms with E-state index in [1.165, 1.54) is 17.3 Å². The molecule has 0 spiro atoms. The minimum absolute atomic E-state index is 0.228. The summed E-state index contributed by atoms with van der Waals surface area (Å²) in [5.74, 6) is 0.784. The normalized spacial score (nSPS) is 10.3. The maximum Gasteiger partial charge on any atom is 0.274 e. The summed E-state index contributed by atoms with van der Waals surface area (Å²) in [4.78, 5) is 25.5. The molecule has 0 aliphatic rings. The number of rotatable bonds is 3. The van der Waals surface area contributed by atoms with Crippen molar-refractivity contribution in [3.63, 3.8) is 0 Å². The number of aromatic nitrogens is 4. The highest BCUT2D eigenvalue weighted by Crippen LogP contribution is 2.05. The van der Waals surface area contributed by atoms with Crippen molar-refractivity contribution in [1.82, 2.24) is 24.4 Å². The van der Waals surface area contributed by atoms with Gasteiger partial charge in [-0.15, -0.1) is 0 Å². The molecule has 0 saturated heterocycles. The van der Waals surface area contributed by atoms with Crippen LogP contribution in [0.15, 0.2) is 24.8 Å². The monoisotopic (exact) mass is 246 g/mol. The lowest BCUT2D eigenvalue weighted by atomic mass is 10.3. The largest absolute Gasteiger partial charge is 0.382 e. The van der Waals surface area contributed by atoms with Gasteiger partial charge in [-0.2, -0.15) is 0 Å². The van der Waals surface area contributed by atoms with Gasteiger partial charge in [0.2, 0.25) is 0 Å². The van der Waals surface area contributed by atoms with Crippen molar-refractivity contribution in [3.8, 4) is 0 Å². The van der Waals surface area contributed by atoms with Crippen LogP contribution in [0.1, 0.15) is 16.3 Å². The van der Waals surface area contributed by atoms with Crippen LogP contribution in [-0.2, 0) is 13.6 Å². The second kappa shape index (κ2) is 4.82. The molecule has 2 aromatic heterocycles. The highest BCUT2D eigenvalue weighted by molar-refractivity contribution is 5.92. The molecule has 0 radical (unpaired) electrons.